The largest absolute Gasteiger partial charge is 0.481 e. The highest BCUT2D eigenvalue weighted by atomic mass is 16.6. The van der Waals surface area contributed by atoms with Crippen molar-refractivity contribution in [3.05, 3.63) is 106 Å². The number of ether oxygens (including phenoxy) is 1. The molecule has 40 heavy (non-hydrogen) atoms. The Morgan fingerprint density at radius 2 is 1.70 bits per heavy atom. The molecule has 3 aromatic carbocycles. The summed E-state index contributed by atoms with van der Waals surface area (Å²) >= 11 is 0. The van der Waals surface area contributed by atoms with Gasteiger partial charge in [0.1, 0.15) is 5.60 Å². The van der Waals surface area contributed by atoms with E-state index in [9.17, 15) is 19.5 Å². The van der Waals surface area contributed by atoms with Crippen molar-refractivity contribution in [2.75, 3.05) is 0 Å². The lowest BCUT2D eigenvalue weighted by Gasteiger charge is -2.20. The summed E-state index contributed by atoms with van der Waals surface area (Å²) in [7, 11) is 0. The van der Waals surface area contributed by atoms with E-state index >= 15 is 0 Å². The summed E-state index contributed by atoms with van der Waals surface area (Å²) in [5.74, 6) is -1.55. The number of aromatic nitrogens is 3. The van der Waals surface area contributed by atoms with Gasteiger partial charge in [-0.3, -0.25) is 13.9 Å². The number of carbonyl (C=O) groups is 2. The lowest BCUT2D eigenvalue weighted by Crippen LogP contribution is -2.31. The zero-order chi connectivity index (χ0) is 28.8. The number of carboxylic acids is 1. The van der Waals surface area contributed by atoms with Crippen LogP contribution in [0.2, 0.25) is 0 Å². The van der Waals surface area contributed by atoms with E-state index in [1.165, 1.54) is 4.57 Å². The van der Waals surface area contributed by atoms with Crippen LogP contribution in [0.4, 0.5) is 0 Å². The Labute approximate surface area is 231 Å². The molecule has 2 aromatic heterocycles. The minimum atomic E-state index is -1.04. The van der Waals surface area contributed by atoms with Gasteiger partial charge in [-0.1, -0.05) is 42.5 Å². The molecular formula is C32H33N3O5. The summed E-state index contributed by atoms with van der Waals surface area (Å²) in [5.41, 5.74) is 3.97. The molecular weight excluding hydrogens is 506 g/mol. The zero-order valence-corrected chi connectivity index (χ0v) is 23.3. The van der Waals surface area contributed by atoms with Crippen LogP contribution in [0, 0.1) is 6.92 Å². The minimum absolute atomic E-state index is 0.283. The summed E-state index contributed by atoms with van der Waals surface area (Å²) in [6.07, 6.45) is 1.61. The van der Waals surface area contributed by atoms with E-state index in [0.717, 1.165) is 22.0 Å². The van der Waals surface area contributed by atoms with Crippen LogP contribution in [0.25, 0.3) is 21.9 Å². The number of esters is 1. The van der Waals surface area contributed by atoms with Crippen LogP contribution in [0.3, 0.4) is 0 Å². The van der Waals surface area contributed by atoms with Crippen molar-refractivity contribution >= 4 is 33.9 Å². The number of hydrogen-bond donors (Lipinski definition) is 2. The van der Waals surface area contributed by atoms with Crippen molar-refractivity contribution in [2.45, 2.75) is 58.7 Å². The summed E-state index contributed by atoms with van der Waals surface area (Å²) in [5, 5.41) is 10.9. The SMILES string of the molecule is Cc1cccc2[nH]cc(C(C)n3c(=O)n([C@H](CC(=O)O)c4ccccc4)c4cc(C(=O)OC(C)(C)C)ccc43)c12. The predicted octanol–water partition coefficient (Wildman–Crippen LogP) is 6.22. The number of carboxylic acid groups (broad SMARTS) is 1. The third-order valence-electron chi connectivity index (χ3n) is 7.19. The molecule has 2 heterocycles. The van der Waals surface area contributed by atoms with Gasteiger partial charge in [-0.2, -0.15) is 0 Å². The second-order valence-corrected chi connectivity index (χ2v) is 11.2. The van der Waals surface area contributed by atoms with Crippen LogP contribution >= 0.6 is 0 Å². The standard InChI is InChI=1S/C32H33N3O5/c1-19-10-9-13-24-29(19)23(18-33-24)20(2)34-25-15-14-22(30(38)40-32(3,4)5)16-27(25)35(31(34)39)26(17-28(36)37)21-11-7-6-8-12-21/h6-16,18,20,26,33H,17H2,1-5H3,(H,36,37)/t20?,26-/m1/s1. The number of fused-ring (bicyclic) bond motifs is 2. The van der Waals surface area contributed by atoms with Crippen molar-refractivity contribution < 1.29 is 19.4 Å². The van der Waals surface area contributed by atoms with Crippen LogP contribution in [-0.4, -0.2) is 36.8 Å². The molecule has 2 atom stereocenters. The molecule has 8 nitrogen and oxygen atoms in total. The van der Waals surface area contributed by atoms with Crippen molar-refractivity contribution in [1.82, 2.24) is 14.1 Å². The van der Waals surface area contributed by atoms with E-state index in [1.807, 2.05) is 68.6 Å². The van der Waals surface area contributed by atoms with Crippen molar-refractivity contribution in [2.24, 2.45) is 0 Å². The van der Waals surface area contributed by atoms with Gasteiger partial charge in [0.15, 0.2) is 0 Å². The second-order valence-electron chi connectivity index (χ2n) is 11.2. The normalized spacial score (nSPS) is 13.4. The number of aliphatic carboxylic acids is 1. The number of aryl methyl sites for hydroxylation is 1. The van der Waals surface area contributed by atoms with E-state index in [4.69, 9.17) is 4.74 Å². The Bertz CT molecular complexity index is 1790. The molecule has 0 aliphatic carbocycles. The number of imidazole rings is 1. The van der Waals surface area contributed by atoms with Gasteiger partial charge < -0.3 is 14.8 Å². The van der Waals surface area contributed by atoms with Crippen LogP contribution in [0.5, 0.6) is 0 Å². The van der Waals surface area contributed by atoms with Gasteiger partial charge in [0.2, 0.25) is 0 Å². The highest BCUT2D eigenvalue weighted by Gasteiger charge is 2.28. The maximum absolute atomic E-state index is 14.4. The van der Waals surface area contributed by atoms with E-state index in [1.54, 1.807) is 43.5 Å². The topological polar surface area (TPSA) is 106 Å². The zero-order valence-electron chi connectivity index (χ0n) is 23.3. The molecule has 5 rings (SSSR count). The molecule has 0 spiro atoms. The number of nitrogens with one attached hydrogen (secondary N) is 1. The Morgan fingerprint density at radius 3 is 2.38 bits per heavy atom. The fourth-order valence-corrected chi connectivity index (χ4v) is 5.45. The lowest BCUT2D eigenvalue weighted by molar-refractivity contribution is -0.137. The van der Waals surface area contributed by atoms with Crippen molar-refractivity contribution in [3.63, 3.8) is 0 Å². The van der Waals surface area contributed by atoms with Crippen molar-refractivity contribution in [1.29, 1.82) is 0 Å². The number of aromatic amines is 1. The van der Waals surface area contributed by atoms with Gasteiger partial charge >= 0.3 is 17.6 Å². The molecule has 0 saturated heterocycles. The van der Waals surface area contributed by atoms with E-state index in [-0.39, 0.29) is 23.7 Å². The van der Waals surface area contributed by atoms with Gasteiger partial charge in [-0.25, -0.2) is 9.59 Å². The number of hydrogen-bond acceptors (Lipinski definition) is 4. The van der Waals surface area contributed by atoms with Crippen LogP contribution in [-0.2, 0) is 9.53 Å². The Balaban J connectivity index is 1.78. The molecule has 0 aliphatic rings. The molecule has 2 N–H and O–H groups in total. The molecule has 8 heteroatoms. The first-order valence-electron chi connectivity index (χ1n) is 13.3. The molecule has 0 fully saturated rings. The number of benzene rings is 3. The Morgan fingerprint density at radius 1 is 0.975 bits per heavy atom. The summed E-state index contributed by atoms with van der Waals surface area (Å²) < 4.78 is 8.78. The molecule has 0 radical (unpaired) electrons. The molecule has 0 bridgehead atoms. The van der Waals surface area contributed by atoms with Gasteiger partial charge in [0, 0.05) is 22.7 Å². The number of nitrogens with zero attached hydrogens (tertiary/aromatic N) is 2. The van der Waals surface area contributed by atoms with E-state index < -0.39 is 23.6 Å². The van der Waals surface area contributed by atoms with E-state index in [0.29, 0.717) is 16.6 Å². The van der Waals surface area contributed by atoms with Crippen molar-refractivity contribution in [3.8, 4) is 0 Å². The third kappa shape index (κ3) is 4.93. The Hall–Kier alpha value is -4.59. The van der Waals surface area contributed by atoms with Crippen LogP contribution in [0.1, 0.15) is 73.2 Å². The van der Waals surface area contributed by atoms with Gasteiger partial charge in [0.25, 0.3) is 0 Å². The third-order valence-corrected chi connectivity index (χ3v) is 7.19. The maximum Gasteiger partial charge on any atom is 0.338 e. The van der Waals surface area contributed by atoms with Gasteiger partial charge in [-0.15, -0.1) is 0 Å². The summed E-state index contributed by atoms with van der Waals surface area (Å²) in [6, 6.07) is 19.0. The molecule has 5 aromatic rings. The number of rotatable bonds is 7. The first-order valence-corrected chi connectivity index (χ1v) is 13.3. The molecule has 0 aliphatic heterocycles. The molecule has 1 unspecified atom stereocenters. The smallest absolute Gasteiger partial charge is 0.338 e. The first-order chi connectivity index (χ1) is 19.0. The van der Waals surface area contributed by atoms with Crippen LogP contribution < -0.4 is 5.69 Å². The van der Waals surface area contributed by atoms with Gasteiger partial charge in [0.05, 0.1) is 35.1 Å². The Kier molecular flexibility index (Phi) is 6.87. The predicted molar refractivity (Wildman–Crippen MR) is 155 cm³/mol. The van der Waals surface area contributed by atoms with Crippen LogP contribution in [0.15, 0.2) is 77.7 Å². The summed E-state index contributed by atoms with van der Waals surface area (Å²) in [6.45, 7) is 9.36. The average Bonchev–Trinajstić information content (AvgIpc) is 3.45. The fourth-order valence-electron chi connectivity index (χ4n) is 5.45. The molecule has 206 valence electrons. The molecule has 0 saturated carbocycles. The fraction of sp³-hybridized carbons (Fsp3) is 0.281. The number of carbonyl (C=O) groups excluding carboxylic acids is 1. The average molecular weight is 540 g/mol. The highest BCUT2D eigenvalue weighted by Crippen LogP contribution is 2.33. The second kappa shape index (κ2) is 10.2. The first kappa shape index (κ1) is 27.0. The maximum atomic E-state index is 14.4. The quantitative estimate of drug-likeness (QED) is 0.239. The number of H-pyrrole nitrogens is 1. The molecule has 0 amide bonds. The minimum Gasteiger partial charge on any atom is -0.481 e. The summed E-state index contributed by atoms with van der Waals surface area (Å²) in [4.78, 5) is 42.7. The highest BCUT2D eigenvalue weighted by molar-refractivity contribution is 5.94. The monoisotopic (exact) mass is 539 g/mol. The van der Waals surface area contributed by atoms with Gasteiger partial charge in [-0.05, 0) is 70.0 Å². The lowest BCUT2D eigenvalue weighted by atomic mass is 10.0. The van der Waals surface area contributed by atoms with E-state index in [2.05, 4.69) is 4.98 Å².